The summed E-state index contributed by atoms with van der Waals surface area (Å²) in [6.07, 6.45) is 0.237. The van der Waals surface area contributed by atoms with E-state index in [1.54, 1.807) is 0 Å². The first-order valence-electron chi connectivity index (χ1n) is 8.78. The van der Waals surface area contributed by atoms with Crippen LogP contribution in [0.25, 0.3) is 32.9 Å². The molecule has 3 nitrogen and oxygen atoms in total. The summed E-state index contributed by atoms with van der Waals surface area (Å²) < 4.78 is 5.19. The Morgan fingerprint density at radius 2 is 1.70 bits per heavy atom. The highest BCUT2D eigenvalue weighted by molar-refractivity contribution is 6.09. The summed E-state index contributed by atoms with van der Waals surface area (Å²) in [6.45, 7) is 2.21. The van der Waals surface area contributed by atoms with E-state index in [0.29, 0.717) is 6.61 Å². The SMILES string of the molecule is CCOC(=O)Cc1cc(-c2ccccc2)nc2ccc3ccccc3c12.Cl. The molecule has 0 fully saturated rings. The molecule has 0 aliphatic carbocycles. The average Bonchev–Trinajstić information content (AvgIpc) is 2.68. The zero-order valence-corrected chi connectivity index (χ0v) is 15.8. The molecule has 0 aliphatic rings. The third-order valence-corrected chi connectivity index (χ3v) is 4.49. The van der Waals surface area contributed by atoms with Gasteiger partial charge in [-0.25, -0.2) is 4.98 Å². The summed E-state index contributed by atoms with van der Waals surface area (Å²) in [6, 6.07) is 24.3. The van der Waals surface area contributed by atoms with Crippen molar-refractivity contribution < 1.29 is 9.53 Å². The molecule has 0 unspecified atom stereocenters. The van der Waals surface area contributed by atoms with Gasteiger partial charge in [-0.15, -0.1) is 12.4 Å². The number of hydrogen-bond acceptors (Lipinski definition) is 3. The van der Waals surface area contributed by atoms with Crippen LogP contribution in [0, 0.1) is 0 Å². The Bertz CT molecular complexity index is 1090. The van der Waals surface area contributed by atoms with Crippen molar-refractivity contribution in [3.05, 3.63) is 78.4 Å². The summed E-state index contributed by atoms with van der Waals surface area (Å²) in [5, 5.41) is 3.27. The highest BCUT2D eigenvalue weighted by Crippen LogP contribution is 2.31. The lowest BCUT2D eigenvalue weighted by Gasteiger charge is -2.12. The van der Waals surface area contributed by atoms with E-state index < -0.39 is 0 Å². The zero-order chi connectivity index (χ0) is 17.9. The van der Waals surface area contributed by atoms with Crippen molar-refractivity contribution in [1.82, 2.24) is 4.98 Å². The second-order valence-corrected chi connectivity index (χ2v) is 6.20. The Hall–Kier alpha value is -2.91. The van der Waals surface area contributed by atoms with Crippen molar-refractivity contribution >= 4 is 40.1 Å². The van der Waals surface area contributed by atoms with Crippen molar-refractivity contribution in [1.29, 1.82) is 0 Å². The van der Waals surface area contributed by atoms with Crippen LogP contribution in [-0.4, -0.2) is 17.6 Å². The van der Waals surface area contributed by atoms with E-state index in [2.05, 4.69) is 18.2 Å². The molecule has 0 saturated carbocycles. The largest absolute Gasteiger partial charge is 0.466 e. The number of benzene rings is 3. The maximum absolute atomic E-state index is 12.2. The van der Waals surface area contributed by atoms with E-state index in [4.69, 9.17) is 9.72 Å². The van der Waals surface area contributed by atoms with E-state index in [1.165, 1.54) is 0 Å². The lowest BCUT2D eigenvalue weighted by Crippen LogP contribution is -2.08. The quantitative estimate of drug-likeness (QED) is 0.344. The Labute approximate surface area is 164 Å². The lowest BCUT2D eigenvalue weighted by molar-refractivity contribution is -0.142. The van der Waals surface area contributed by atoms with Crippen molar-refractivity contribution in [2.45, 2.75) is 13.3 Å². The fourth-order valence-corrected chi connectivity index (χ4v) is 3.35. The van der Waals surface area contributed by atoms with Crippen molar-refractivity contribution in [3.63, 3.8) is 0 Å². The standard InChI is InChI=1S/C23H19NO2.ClH/c1-2-26-22(25)15-18-14-21(17-9-4-3-5-10-17)24-20-13-12-16-8-6-7-11-19(16)23(18)20;/h3-14H,2,15H2,1H3;1H. The molecule has 136 valence electrons. The molecule has 0 bridgehead atoms. The van der Waals surface area contributed by atoms with Crippen LogP contribution in [0.4, 0.5) is 0 Å². The van der Waals surface area contributed by atoms with Crippen LogP contribution in [-0.2, 0) is 16.0 Å². The van der Waals surface area contributed by atoms with Gasteiger partial charge in [0.25, 0.3) is 0 Å². The lowest BCUT2D eigenvalue weighted by atomic mass is 9.97. The monoisotopic (exact) mass is 377 g/mol. The molecule has 0 aliphatic heterocycles. The number of pyridine rings is 1. The molecule has 0 atom stereocenters. The van der Waals surface area contributed by atoms with Crippen LogP contribution >= 0.6 is 12.4 Å². The van der Waals surface area contributed by atoms with Crippen LogP contribution in [0.2, 0.25) is 0 Å². The normalized spacial score (nSPS) is 10.6. The van der Waals surface area contributed by atoms with E-state index in [9.17, 15) is 4.79 Å². The van der Waals surface area contributed by atoms with Crippen molar-refractivity contribution in [2.24, 2.45) is 0 Å². The molecular weight excluding hydrogens is 358 g/mol. The molecule has 27 heavy (non-hydrogen) atoms. The van der Waals surface area contributed by atoms with Crippen molar-refractivity contribution in [2.75, 3.05) is 6.61 Å². The number of hydrogen-bond donors (Lipinski definition) is 0. The maximum atomic E-state index is 12.2. The van der Waals surface area contributed by atoms with Crippen LogP contribution < -0.4 is 0 Å². The minimum absolute atomic E-state index is 0. The van der Waals surface area contributed by atoms with Gasteiger partial charge >= 0.3 is 5.97 Å². The molecule has 1 aromatic heterocycles. The molecule has 1 heterocycles. The van der Waals surface area contributed by atoms with Gasteiger partial charge in [-0.1, -0.05) is 60.7 Å². The highest BCUT2D eigenvalue weighted by atomic mass is 35.5. The maximum Gasteiger partial charge on any atom is 0.310 e. The molecular formula is C23H20ClNO2. The molecule has 0 saturated heterocycles. The van der Waals surface area contributed by atoms with Crippen molar-refractivity contribution in [3.8, 4) is 11.3 Å². The minimum atomic E-state index is -0.216. The first-order valence-corrected chi connectivity index (χ1v) is 8.78. The Kier molecular flexibility index (Phi) is 5.72. The predicted molar refractivity (Wildman–Crippen MR) is 112 cm³/mol. The molecule has 0 amide bonds. The van der Waals surface area contributed by atoms with Crippen LogP contribution in [0.15, 0.2) is 72.8 Å². The number of ether oxygens (including phenoxy) is 1. The number of carbonyl (C=O) groups is 1. The molecule has 3 aromatic carbocycles. The first kappa shape index (κ1) is 18.9. The predicted octanol–water partition coefficient (Wildman–Crippen LogP) is 5.58. The van der Waals surface area contributed by atoms with Crippen LogP contribution in [0.5, 0.6) is 0 Å². The number of fused-ring (bicyclic) bond motifs is 3. The van der Waals surface area contributed by atoms with E-state index in [1.807, 2.05) is 61.5 Å². The fraction of sp³-hybridized carbons (Fsp3) is 0.130. The molecule has 4 aromatic rings. The second-order valence-electron chi connectivity index (χ2n) is 6.20. The summed E-state index contributed by atoms with van der Waals surface area (Å²) in [5.41, 5.74) is 3.74. The van der Waals surface area contributed by atoms with Gasteiger partial charge in [0.05, 0.1) is 24.2 Å². The second kappa shape index (κ2) is 8.19. The molecule has 4 rings (SSSR count). The number of nitrogens with zero attached hydrogens (tertiary/aromatic N) is 1. The molecule has 0 radical (unpaired) electrons. The van der Waals surface area contributed by atoms with E-state index in [0.717, 1.165) is 38.5 Å². The van der Waals surface area contributed by atoms with Crippen LogP contribution in [0.1, 0.15) is 12.5 Å². The third kappa shape index (κ3) is 3.79. The summed E-state index contributed by atoms with van der Waals surface area (Å²) in [5.74, 6) is -0.216. The molecule has 4 heteroatoms. The van der Waals surface area contributed by atoms with Gasteiger partial charge in [0.2, 0.25) is 0 Å². The number of esters is 1. The van der Waals surface area contributed by atoms with Gasteiger partial charge in [0, 0.05) is 10.9 Å². The highest BCUT2D eigenvalue weighted by Gasteiger charge is 2.14. The fourth-order valence-electron chi connectivity index (χ4n) is 3.35. The van der Waals surface area contributed by atoms with E-state index in [-0.39, 0.29) is 24.8 Å². The zero-order valence-electron chi connectivity index (χ0n) is 15.0. The Balaban J connectivity index is 0.00000210. The van der Waals surface area contributed by atoms with Gasteiger partial charge in [-0.05, 0) is 35.4 Å². The summed E-state index contributed by atoms with van der Waals surface area (Å²) >= 11 is 0. The molecule has 0 N–H and O–H groups in total. The summed E-state index contributed by atoms with van der Waals surface area (Å²) in [4.78, 5) is 17.1. The van der Waals surface area contributed by atoms with Gasteiger partial charge < -0.3 is 4.74 Å². The van der Waals surface area contributed by atoms with Gasteiger partial charge in [-0.2, -0.15) is 0 Å². The van der Waals surface area contributed by atoms with Gasteiger partial charge in [0.1, 0.15) is 0 Å². The van der Waals surface area contributed by atoms with Crippen LogP contribution in [0.3, 0.4) is 0 Å². The minimum Gasteiger partial charge on any atom is -0.466 e. The number of halogens is 1. The Morgan fingerprint density at radius 1 is 0.963 bits per heavy atom. The van der Waals surface area contributed by atoms with Gasteiger partial charge in [0.15, 0.2) is 0 Å². The third-order valence-electron chi connectivity index (χ3n) is 4.49. The number of aromatic nitrogens is 1. The summed E-state index contributed by atoms with van der Waals surface area (Å²) in [7, 11) is 0. The Morgan fingerprint density at radius 3 is 2.48 bits per heavy atom. The molecule has 0 spiro atoms. The van der Waals surface area contributed by atoms with E-state index >= 15 is 0 Å². The smallest absolute Gasteiger partial charge is 0.310 e. The number of rotatable bonds is 4. The number of carbonyl (C=O) groups excluding carboxylic acids is 1. The van der Waals surface area contributed by atoms with Gasteiger partial charge in [-0.3, -0.25) is 4.79 Å². The topological polar surface area (TPSA) is 39.2 Å². The average molecular weight is 378 g/mol. The first-order chi connectivity index (χ1) is 12.8.